The second kappa shape index (κ2) is 7.03. The maximum atomic E-state index is 12.4. The lowest BCUT2D eigenvalue weighted by atomic mass is 9.83. The second-order valence-electron chi connectivity index (χ2n) is 6.13. The molecule has 5 heteroatoms. The van der Waals surface area contributed by atoms with Crippen LogP contribution in [0.15, 0.2) is 37.2 Å². The topological polar surface area (TPSA) is 54.5 Å². The molecule has 22 heavy (non-hydrogen) atoms. The van der Waals surface area contributed by atoms with Gasteiger partial charge in [0.2, 0.25) is 5.91 Å². The average molecular weight is 301 g/mol. The number of likely N-dealkylation sites (tertiary alicyclic amines) is 1. The van der Waals surface area contributed by atoms with Gasteiger partial charge in [-0.2, -0.15) is 0 Å². The summed E-state index contributed by atoms with van der Waals surface area (Å²) in [6, 6.07) is 3.67. The van der Waals surface area contributed by atoms with E-state index in [1.807, 2.05) is 18.2 Å². The van der Waals surface area contributed by atoms with Crippen molar-refractivity contribution >= 4 is 11.6 Å². The Hall–Kier alpha value is -1.72. The molecular weight excluding hydrogens is 278 g/mol. The Bertz CT molecular complexity index is 520. The fourth-order valence-electron chi connectivity index (χ4n) is 3.42. The quantitative estimate of drug-likeness (QED) is 0.864. The highest BCUT2D eigenvalue weighted by atomic mass is 16.5. The normalized spacial score (nSPS) is 28.6. The minimum atomic E-state index is -0.0786. The smallest absolute Gasteiger partial charge is 0.229 e. The van der Waals surface area contributed by atoms with Crippen LogP contribution < -0.4 is 5.32 Å². The summed E-state index contributed by atoms with van der Waals surface area (Å²) in [7, 11) is 0. The van der Waals surface area contributed by atoms with Crippen molar-refractivity contribution < 1.29 is 9.53 Å². The Kier molecular flexibility index (Phi) is 4.85. The number of aromatic nitrogens is 1. The molecule has 0 aliphatic carbocycles. The highest BCUT2D eigenvalue weighted by Gasteiger charge is 2.37. The first kappa shape index (κ1) is 15.2. The van der Waals surface area contributed by atoms with Gasteiger partial charge in [0.15, 0.2) is 0 Å². The lowest BCUT2D eigenvalue weighted by molar-refractivity contribution is -0.133. The summed E-state index contributed by atoms with van der Waals surface area (Å²) in [5.74, 6) is 0.393. The number of rotatable bonds is 4. The zero-order valence-electron chi connectivity index (χ0n) is 12.8. The number of piperidine rings is 1. The summed E-state index contributed by atoms with van der Waals surface area (Å²) in [6.45, 7) is 7.29. The van der Waals surface area contributed by atoms with Crippen molar-refractivity contribution in [2.24, 2.45) is 11.8 Å². The van der Waals surface area contributed by atoms with E-state index in [-0.39, 0.29) is 11.8 Å². The third-order valence-electron chi connectivity index (χ3n) is 4.53. The predicted octanol–water partition coefficient (Wildman–Crippen LogP) is 1.93. The predicted molar refractivity (Wildman–Crippen MR) is 85.5 cm³/mol. The maximum Gasteiger partial charge on any atom is 0.229 e. The van der Waals surface area contributed by atoms with Crippen molar-refractivity contribution in [1.29, 1.82) is 0 Å². The molecule has 0 bridgehead atoms. The molecule has 1 aromatic rings. The van der Waals surface area contributed by atoms with Crippen molar-refractivity contribution in [2.75, 3.05) is 31.6 Å². The zero-order valence-corrected chi connectivity index (χ0v) is 12.8. The largest absolute Gasteiger partial charge is 0.377 e. The van der Waals surface area contributed by atoms with Crippen molar-refractivity contribution in [3.05, 3.63) is 37.2 Å². The van der Waals surface area contributed by atoms with Crippen LogP contribution in [0.2, 0.25) is 0 Å². The van der Waals surface area contributed by atoms with Gasteiger partial charge in [-0.25, -0.2) is 0 Å². The molecule has 0 unspecified atom stereocenters. The van der Waals surface area contributed by atoms with Gasteiger partial charge in [-0.1, -0.05) is 6.08 Å². The van der Waals surface area contributed by atoms with Gasteiger partial charge < -0.3 is 10.1 Å². The highest BCUT2D eigenvalue weighted by molar-refractivity contribution is 5.92. The Morgan fingerprint density at radius 3 is 3.27 bits per heavy atom. The van der Waals surface area contributed by atoms with Gasteiger partial charge in [0.05, 0.1) is 30.5 Å². The summed E-state index contributed by atoms with van der Waals surface area (Å²) >= 11 is 0. The van der Waals surface area contributed by atoms with Crippen LogP contribution in [0.4, 0.5) is 5.69 Å². The lowest BCUT2D eigenvalue weighted by Gasteiger charge is -2.42. The van der Waals surface area contributed by atoms with Gasteiger partial charge in [0.25, 0.3) is 0 Å². The van der Waals surface area contributed by atoms with Gasteiger partial charge in [0.1, 0.15) is 0 Å². The lowest BCUT2D eigenvalue weighted by Crippen LogP contribution is -2.49. The van der Waals surface area contributed by atoms with Gasteiger partial charge >= 0.3 is 0 Å². The second-order valence-corrected chi connectivity index (χ2v) is 6.13. The van der Waals surface area contributed by atoms with Crippen LogP contribution in [-0.4, -0.2) is 48.1 Å². The molecule has 3 atom stereocenters. The molecule has 1 N–H and O–H groups in total. The molecule has 2 aliphatic heterocycles. The number of ether oxygens (including phenoxy) is 1. The number of pyridine rings is 1. The van der Waals surface area contributed by atoms with E-state index >= 15 is 0 Å². The minimum Gasteiger partial charge on any atom is -0.377 e. The molecule has 2 fully saturated rings. The minimum absolute atomic E-state index is 0.0345. The molecule has 2 saturated heterocycles. The Morgan fingerprint density at radius 2 is 2.50 bits per heavy atom. The monoisotopic (exact) mass is 301 g/mol. The zero-order chi connectivity index (χ0) is 15.4. The third-order valence-corrected chi connectivity index (χ3v) is 4.53. The number of carbonyl (C=O) groups excluding carboxylic acids is 1. The molecule has 0 spiro atoms. The molecule has 3 rings (SSSR count). The average Bonchev–Trinajstić information content (AvgIpc) is 2.55. The van der Waals surface area contributed by atoms with E-state index in [9.17, 15) is 4.79 Å². The number of amides is 1. The summed E-state index contributed by atoms with van der Waals surface area (Å²) in [4.78, 5) is 18.8. The van der Waals surface area contributed by atoms with Crippen LogP contribution >= 0.6 is 0 Å². The van der Waals surface area contributed by atoms with Gasteiger partial charge in [0, 0.05) is 25.8 Å². The van der Waals surface area contributed by atoms with Crippen LogP contribution in [0.3, 0.4) is 0 Å². The van der Waals surface area contributed by atoms with Crippen molar-refractivity contribution in [3.8, 4) is 0 Å². The van der Waals surface area contributed by atoms with Crippen LogP contribution in [0.1, 0.15) is 12.8 Å². The first-order valence-electron chi connectivity index (χ1n) is 7.92. The summed E-state index contributed by atoms with van der Waals surface area (Å²) in [6.07, 6.45) is 7.55. The molecule has 0 aromatic carbocycles. The van der Waals surface area contributed by atoms with Crippen LogP contribution in [-0.2, 0) is 9.53 Å². The van der Waals surface area contributed by atoms with E-state index in [2.05, 4.69) is 21.8 Å². The van der Waals surface area contributed by atoms with Crippen molar-refractivity contribution in [1.82, 2.24) is 9.88 Å². The number of hydrogen-bond donors (Lipinski definition) is 1. The number of anilines is 1. The molecule has 3 heterocycles. The molecule has 0 saturated carbocycles. The van der Waals surface area contributed by atoms with E-state index in [4.69, 9.17) is 4.74 Å². The van der Waals surface area contributed by atoms with E-state index in [1.54, 1.807) is 12.4 Å². The molecule has 0 radical (unpaired) electrons. The summed E-state index contributed by atoms with van der Waals surface area (Å²) < 4.78 is 5.95. The first-order chi connectivity index (χ1) is 10.8. The number of nitrogens with zero attached hydrogens (tertiary/aromatic N) is 2. The number of carbonyl (C=O) groups is 1. The molecule has 118 valence electrons. The highest BCUT2D eigenvalue weighted by Crippen LogP contribution is 2.31. The first-order valence-corrected chi connectivity index (χ1v) is 7.92. The molecule has 1 aromatic heterocycles. The number of nitrogens with one attached hydrogen (secondary N) is 1. The van der Waals surface area contributed by atoms with Crippen LogP contribution in [0.25, 0.3) is 0 Å². The summed E-state index contributed by atoms with van der Waals surface area (Å²) in [5.41, 5.74) is 0.742. The van der Waals surface area contributed by atoms with E-state index in [0.717, 1.165) is 38.2 Å². The fraction of sp³-hybridized carbons (Fsp3) is 0.529. The summed E-state index contributed by atoms with van der Waals surface area (Å²) in [5, 5.41) is 2.93. The Morgan fingerprint density at radius 1 is 1.59 bits per heavy atom. The van der Waals surface area contributed by atoms with Gasteiger partial charge in [-0.3, -0.25) is 14.7 Å². The van der Waals surface area contributed by atoms with E-state index < -0.39 is 0 Å². The van der Waals surface area contributed by atoms with E-state index in [1.165, 1.54) is 0 Å². The Labute approximate surface area is 131 Å². The Balaban J connectivity index is 1.57. The fourth-order valence-corrected chi connectivity index (χ4v) is 3.42. The molecule has 5 nitrogen and oxygen atoms in total. The number of hydrogen-bond acceptors (Lipinski definition) is 4. The molecule has 2 aliphatic rings. The standard InChI is InChI=1S/C17H23N3O2/c1-2-7-20-8-5-16-13(11-20)9-14(12-22-16)17(21)19-15-4-3-6-18-10-15/h2-4,6,10,13-14,16H,1,5,7-9,11-12H2,(H,19,21)/t13-,14-,16+/m1/s1. The van der Waals surface area contributed by atoms with Crippen molar-refractivity contribution in [3.63, 3.8) is 0 Å². The van der Waals surface area contributed by atoms with Crippen LogP contribution in [0.5, 0.6) is 0 Å². The van der Waals surface area contributed by atoms with Crippen LogP contribution in [0, 0.1) is 11.8 Å². The molecular formula is C17H23N3O2. The van der Waals surface area contributed by atoms with Gasteiger partial charge in [-0.05, 0) is 30.9 Å². The maximum absolute atomic E-state index is 12.4. The SMILES string of the molecule is C=CCN1CC[C@@H]2OC[C@H](C(=O)Nc3cccnc3)C[C@@H]2C1. The molecule has 1 amide bonds. The van der Waals surface area contributed by atoms with E-state index in [0.29, 0.717) is 18.6 Å². The van der Waals surface area contributed by atoms with Crippen molar-refractivity contribution in [2.45, 2.75) is 18.9 Å². The number of fused-ring (bicyclic) bond motifs is 1. The van der Waals surface area contributed by atoms with Gasteiger partial charge in [-0.15, -0.1) is 6.58 Å². The third kappa shape index (κ3) is 3.54.